The third-order valence-corrected chi connectivity index (χ3v) is 3.81. The Morgan fingerprint density at radius 3 is 2.70 bits per heavy atom. The molecule has 1 fully saturated rings. The SMILES string of the molecule is Cc1cc(N2CCCC2CNC(C)C)nc(C(C)C)n1. The molecule has 1 saturated heterocycles. The topological polar surface area (TPSA) is 41.0 Å². The third kappa shape index (κ3) is 3.69. The predicted octanol–water partition coefficient (Wildman–Crippen LogP) is 2.88. The van der Waals surface area contributed by atoms with Crippen molar-refractivity contribution in [2.45, 2.75) is 65.5 Å². The monoisotopic (exact) mass is 276 g/mol. The molecule has 112 valence electrons. The van der Waals surface area contributed by atoms with Crippen LogP contribution in [0.25, 0.3) is 0 Å². The molecule has 1 unspecified atom stereocenters. The van der Waals surface area contributed by atoms with Crippen molar-refractivity contribution in [1.29, 1.82) is 0 Å². The van der Waals surface area contributed by atoms with Crippen LogP contribution in [0.3, 0.4) is 0 Å². The molecule has 1 atom stereocenters. The summed E-state index contributed by atoms with van der Waals surface area (Å²) in [5.74, 6) is 2.44. The molecule has 0 radical (unpaired) electrons. The second-order valence-electron chi connectivity index (χ2n) is 6.43. The lowest BCUT2D eigenvalue weighted by molar-refractivity contribution is 0.521. The first kappa shape index (κ1) is 15.2. The summed E-state index contributed by atoms with van der Waals surface area (Å²) in [6, 6.07) is 3.22. The highest BCUT2D eigenvalue weighted by atomic mass is 15.3. The number of hydrogen-bond acceptors (Lipinski definition) is 4. The summed E-state index contributed by atoms with van der Waals surface area (Å²) in [6.45, 7) is 12.9. The minimum absolute atomic E-state index is 0.378. The summed E-state index contributed by atoms with van der Waals surface area (Å²) in [5, 5.41) is 3.55. The van der Waals surface area contributed by atoms with Crippen LogP contribution >= 0.6 is 0 Å². The molecule has 1 aromatic rings. The minimum atomic E-state index is 0.378. The molecule has 0 aromatic carbocycles. The van der Waals surface area contributed by atoms with Crippen molar-refractivity contribution in [2.75, 3.05) is 18.0 Å². The van der Waals surface area contributed by atoms with Crippen LogP contribution in [0.15, 0.2) is 6.07 Å². The van der Waals surface area contributed by atoms with Gasteiger partial charge in [-0.05, 0) is 19.8 Å². The molecule has 4 heteroatoms. The summed E-state index contributed by atoms with van der Waals surface area (Å²) >= 11 is 0. The molecule has 0 bridgehead atoms. The molecule has 0 amide bonds. The first-order valence-electron chi connectivity index (χ1n) is 7.83. The third-order valence-electron chi connectivity index (χ3n) is 3.81. The Labute approximate surface area is 123 Å². The second-order valence-corrected chi connectivity index (χ2v) is 6.43. The maximum Gasteiger partial charge on any atom is 0.133 e. The van der Waals surface area contributed by atoms with E-state index >= 15 is 0 Å². The van der Waals surface area contributed by atoms with Gasteiger partial charge in [-0.1, -0.05) is 27.7 Å². The first-order chi connectivity index (χ1) is 9.47. The van der Waals surface area contributed by atoms with Gasteiger partial charge in [0.05, 0.1) is 0 Å². The second kappa shape index (κ2) is 6.53. The van der Waals surface area contributed by atoms with Crippen LogP contribution < -0.4 is 10.2 Å². The number of nitrogens with one attached hydrogen (secondary N) is 1. The Morgan fingerprint density at radius 1 is 1.30 bits per heavy atom. The molecule has 2 heterocycles. The summed E-state index contributed by atoms with van der Waals surface area (Å²) in [4.78, 5) is 11.8. The van der Waals surface area contributed by atoms with Gasteiger partial charge in [0.15, 0.2) is 0 Å². The smallest absolute Gasteiger partial charge is 0.133 e. The molecule has 0 aliphatic carbocycles. The van der Waals surface area contributed by atoms with E-state index in [1.54, 1.807) is 0 Å². The van der Waals surface area contributed by atoms with E-state index in [9.17, 15) is 0 Å². The molecule has 1 aromatic heterocycles. The Hall–Kier alpha value is -1.16. The van der Waals surface area contributed by atoms with Gasteiger partial charge in [-0.2, -0.15) is 0 Å². The number of rotatable bonds is 5. The molecule has 1 aliphatic rings. The van der Waals surface area contributed by atoms with Crippen LogP contribution in [0.1, 0.15) is 58.0 Å². The maximum absolute atomic E-state index is 4.78. The zero-order chi connectivity index (χ0) is 14.7. The van der Waals surface area contributed by atoms with Crippen LogP contribution in [0.2, 0.25) is 0 Å². The van der Waals surface area contributed by atoms with E-state index in [4.69, 9.17) is 4.98 Å². The summed E-state index contributed by atoms with van der Waals surface area (Å²) in [7, 11) is 0. The molecule has 0 saturated carbocycles. The van der Waals surface area contributed by atoms with Crippen molar-refractivity contribution in [3.63, 3.8) is 0 Å². The molecular formula is C16H28N4. The van der Waals surface area contributed by atoms with Crippen LogP contribution in [0, 0.1) is 6.92 Å². The lowest BCUT2D eigenvalue weighted by Crippen LogP contribution is -2.40. The fourth-order valence-electron chi connectivity index (χ4n) is 2.70. The zero-order valence-electron chi connectivity index (χ0n) is 13.5. The van der Waals surface area contributed by atoms with E-state index in [1.165, 1.54) is 12.8 Å². The van der Waals surface area contributed by atoms with Gasteiger partial charge < -0.3 is 10.2 Å². The van der Waals surface area contributed by atoms with Crippen LogP contribution in [0.5, 0.6) is 0 Å². The Balaban J connectivity index is 2.16. The molecule has 20 heavy (non-hydrogen) atoms. The van der Waals surface area contributed by atoms with Gasteiger partial charge in [-0.15, -0.1) is 0 Å². The highest BCUT2D eigenvalue weighted by molar-refractivity contribution is 5.42. The molecular weight excluding hydrogens is 248 g/mol. The van der Waals surface area contributed by atoms with Crippen molar-refractivity contribution in [2.24, 2.45) is 0 Å². The fraction of sp³-hybridized carbons (Fsp3) is 0.750. The Kier molecular flexibility index (Phi) is 4.97. The van der Waals surface area contributed by atoms with Crippen molar-refractivity contribution in [1.82, 2.24) is 15.3 Å². The van der Waals surface area contributed by atoms with E-state index in [0.29, 0.717) is 18.0 Å². The van der Waals surface area contributed by atoms with Gasteiger partial charge in [-0.3, -0.25) is 0 Å². The summed E-state index contributed by atoms with van der Waals surface area (Å²) in [5.41, 5.74) is 1.07. The highest BCUT2D eigenvalue weighted by Crippen LogP contribution is 2.25. The van der Waals surface area contributed by atoms with E-state index in [2.05, 4.69) is 55.9 Å². The lowest BCUT2D eigenvalue weighted by atomic mass is 10.2. The largest absolute Gasteiger partial charge is 0.352 e. The van der Waals surface area contributed by atoms with Gasteiger partial charge in [0.2, 0.25) is 0 Å². The number of aromatic nitrogens is 2. The molecule has 0 spiro atoms. The average Bonchev–Trinajstić information content (AvgIpc) is 2.83. The van der Waals surface area contributed by atoms with Gasteiger partial charge in [0.25, 0.3) is 0 Å². The van der Waals surface area contributed by atoms with E-state index < -0.39 is 0 Å². The first-order valence-corrected chi connectivity index (χ1v) is 7.83. The van der Waals surface area contributed by atoms with Crippen LogP contribution in [0.4, 0.5) is 5.82 Å². The van der Waals surface area contributed by atoms with Gasteiger partial charge >= 0.3 is 0 Å². The van der Waals surface area contributed by atoms with Gasteiger partial charge in [0.1, 0.15) is 11.6 Å². The van der Waals surface area contributed by atoms with Crippen LogP contribution in [-0.2, 0) is 0 Å². The number of nitrogens with zero attached hydrogens (tertiary/aromatic N) is 3. The summed E-state index contributed by atoms with van der Waals surface area (Å²) in [6.07, 6.45) is 2.50. The molecule has 1 N–H and O–H groups in total. The van der Waals surface area contributed by atoms with Crippen molar-refractivity contribution >= 4 is 5.82 Å². The minimum Gasteiger partial charge on any atom is -0.352 e. The van der Waals surface area contributed by atoms with Crippen LogP contribution in [-0.4, -0.2) is 35.1 Å². The highest BCUT2D eigenvalue weighted by Gasteiger charge is 2.26. The quantitative estimate of drug-likeness (QED) is 0.898. The fourth-order valence-corrected chi connectivity index (χ4v) is 2.70. The summed E-state index contributed by atoms with van der Waals surface area (Å²) < 4.78 is 0. The number of anilines is 1. The average molecular weight is 276 g/mol. The van der Waals surface area contributed by atoms with Gasteiger partial charge in [0, 0.05) is 42.9 Å². The number of hydrogen-bond donors (Lipinski definition) is 1. The van der Waals surface area contributed by atoms with E-state index in [0.717, 1.165) is 30.4 Å². The molecule has 4 nitrogen and oxygen atoms in total. The van der Waals surface area contributed by atoms with Crippen molar-refractivity contribution in [3.05, 3.63) is 17.6 Å². The standard InChI is InChI=1S/C16H28N4/c1-11(2)16-18-13(5)9-15(19-16)20-8-6-7-14(20)10-17-12(3)4/h9,11-12,14,17H,6-8,10H2,1-5H3. The Morgan fingerprint density at radius 2 is 2.05 bits per heavy atom. The molecule has 2 rings (SSSR count). The van der Waals surface area contributed by atoms with Gasteiger partial charge in [-0.25, -0.2) is 9.97 Å². The van der Waals surface area contributed by atoms with Crippen molar-refractivity contribution < 1.29 is 0 Å². The number of aryl methyl sites for hydroxylation is 1. The van der Waals surface area contributed by atoms with E-state index in [-0.39, 0.29) is 0 Å². The molecule has 1 aliphatic heterocycles. The van der Waals surface area contributed by atoms with E-state index in [1.807, 2.05) is 0 Å². The lowest BCUT2D eigenvalue weighted by Gasteiger charge is -2.27. The predicted molar refractivity (Wildman–Crippen MR) is 84.4 cm³/mol. The zero-order valence-corrected chi connectivity index (χ0v) is 13.5. The normalized spacial score (nSPS) is 19.4. The Bertz CT molecular complexity index is 442. The maximum atomic E-state index is 4.78. The van der Waals surface area contributed by atoms with Crippen molar-refractivity contribution in [3.8, 4) is 0 Å².